The van der Waals surface area contributed by atoms with E-state index in [9.17, 15) is 9.59 Å². The van der Waals surface area contributed by atoms with Crippen molar-refractivity contribution < 1.29 is 4.79 Å². The van der Waals surface area contributed by atoms with E-state index in [1.54, 1.807) is 13.0 Å². The first kappa shape index (κ1) is 16.7. The summed E-state index contributed by atoms with van der Waals surface area (Å²) >= 11 is 0. The molecule has 2 aromatic rings. The minimum absolute atomic E-state index is 0.0399. The van der Waals surface area contributed by atoms with Crippen molar-refractivity contribution in [3.63, 3.8) is 0 Å². The van der Waals surface area contributed by atoms with Crippen molar-refractivity contribution in [3.8, 4) is 0 Å². The zero-order valence-corrected chi connectivity index (χ0v) is 14.6. The normalized spacial score (nSPS) is 16.5. The summed E-state index contributed by atoms with van der Waals surface area (Å²) in [7, 11) is 0. The fourth-order valence-electron chi connectivity index (χ4n) is 3.61. The van der Waals surface area contributed by atoms with Crippen molar-refractivity contribution in [1.82, 2.24) is 15.2 Å². The van der Waals surface area contributed by atoms with Gasteiger partial charge < -0.3 is 10.3 Å². The number of nitrogens with one attached hydrogen (secondary N) is 2. The third-order valence-corrected chi connectivity index (χ3v) is 4.73. The fraction of sp³-hybridized carbons (Fsp3) is 0.474. The molecule has 1 aromatic carbocycles. The average Bonchev–Trinajstić information content (AvgIpc) is 2.50. The third-order valence-electron chi connectivity index (χ3n) is 4.73. The van der Waals surface area contributed by atoms with Crippen LogP contribution in [-0.2, 0) is 11.3 Å². The van der Waals surface area contributed by atoms with E-state index in [-0.39, 0.29) is 17.4 Å². The molecule has 2 heterocycles. The SMILES string of the molecule is CC(=O)NC1CCN(Cc2cc(=O)c3cc(C)cc(C)c3[nH]2)CC1. The Morgan fingerprint density at radius 3 is 2.62 bits per heavy atom. The number of carbonyl (C=O) groups excluding carboxylic acids is 1. The van der Waals surface area contributed by atoms with Gasteiger partial charge in [0, 0.05) is 49.7 Å². The van der Waals surface area contributed by atoms with Gasteiger partial charge in [0.25, 0.3) is 0 Å². The molecule has 1 saturated heterocycles. The van der Waals surface area contributed by atoms with Gasteiger partial charge in [-0.1, -0.05) is 6.07 Å². The number of hydrogen-bond donors (Lipinski definition) is 2. The van der Waals surface area contributed by atoms with Gasteiger partial charge in [-0.2, -0.15) is 0 Å². The molecule has 1 aliphatic rings. The van der Waals surface area contributed by atoms with Gasteiger partial charge in [0.1, 0.15) is 0 Å². The van der Waals surface area contributed by atoms with Crippen LogP contribution in [0.3, 0.4) is 0 Å². The van der Waals surface area contributed by atoms with Gasteiger partial charge in [0.2, 0.25) is 5.91 Å². The van der Waals surface area contributed by atoms with Crippen LogP contribution in [0.2, 0.25) is 0 Å². The molecule has 128 valence electrons. The number of nitrogens with zero attached hydrogens (tertiary/aromatic N) is 1. The van der Waals surface area contributed by atoms with Crippen LogP contribution in [0.25, 0.3) is 10.9 Å². The van der Waals surface area contributed by atoms with Crippen LogP contribution in [0.5, 0.6) is 0 Å². The summed E-state index contributed by atoms with van der Waals surface area (Å²) in [5, 5.41) is 3.75. The number of H-pyrrole nitrogens is 1. The molecule has 1 amide bonds. The van der Waals surface area contributed by atoms with E-state index < -0.39 is 0 Å². The van der Waals surface area contributed by atoms with Crippen LogP contribution in [0.15, 0.2) is 23.0 Å². The second-order valence-corrected chi connectivity index (χ2v) is 6.91. The van der Waals surface area contributed by atoms with Crippen molar-refractivity contribution in [3.05, 3.63) is 45.2 Å². The Balaban J connectivity index is 1.75. The van der Waals surface area contributed by atoms with E-state index in [1.807, 2.05) is 19.9 Å². The van der Waals surface area contributed by atoms with Crippen molar-refractivity contribution >= 4 is 16.8 Å². The van der Waals surface area contributed by atoms with Crippen molar-refractivity contribution in [1.29, 1.82) is 0 Å². The van der Waals surface area contributed by atoms with E-state index in [2.05, 4.69) is 21.3 Å². The Hall–Kier alpha value is -2.14. The number of rotatable bonds is 3. The lowest BCUT2D eigenvalue weighted by Crippen LogP contribution is -2.43. The second kappa shape index (κ2) is 6.77. The third kappa shape index (κ3) is 3.67. The molecule has 5 nitrogen and oxygen atoms in total. The summed E-state index contributed by atoms with van der Waals surface area (Å²) in [6.45, 7) is 8.21. The van der Waals surface area contributed by atoms with Crippen LogP contribution in [-0.4, -0.2) is 34.9 Å². The predicted octanol–water partition coefficient (Wildman–Crippen LogP) is 2.25. The van der Waals surface area contributed by atoms with Crippen LogP contribution >= 0.6 is 0 Å². The van der Waals surface area contributed by atoms with E-state index in [1.165, 1.54) is 0 Å². The van der Waals surface area contributed by atoms with Crippen LogP contribution in [0, 0.1) is 13.8 Å². The molecule has 24 heavy (non-hydrogen) atoms. The maximum atomic E-state index is 12.4. The highest BCUT2D eigenvalue weighted by atomic mass is 16.1. The molecule has 1 fully saturated rings. The van der Waals surface area contributed by atoms with Crippen LogP contribution in [0.1, 0.15) is 36.6 Å². The lowest BCUT2D eigenvalue weighted by molar-refractivity contribution is -0.119. The number of fused-ring (bicyclic) bond motifs is 1. The van der Waals surface area contributed by atoms with Gasteiger partial charge in [-0.25, -0.2) is 0 Å². The number of amides is 1. The lowest BCUT2D eigenvalue weighted by Gasteiger charge is -2.32. The number of aromatic nitrogens is 1. The number of aryl methyl sites for hydroxylation is 2. The zero-order valence-electron chi connectivity index (χ0n) is 14.6. The molecule has 3 rings (SSSR count). The first-order chi connectivity index (χ1) is 11.4. The highest BCUT2D eigenvalue weighted by molar-refractivity contribution is 5.82. The van der Waals surface area contributed by atoms with Gasteiger partial charge in [-0.15, -0.1) is 0 Å². The number of hydrogen-bond acceptors (Lipinski definition) is 3. The summed E-state index contributed by atoms with van der Waals surface area (Å²) in [5.41, 5.74) is 4.19. The molecule has 0 saturated carbocycles. The molecule has 0 spiro atoms. The molecule has 0 bridgehead atoms. The smallest absolute Gasteiger partial charge is 0.217 e. The summed E-state index contributed by atoms with van der Waals surface area (Å²) in [5.74, 6) is 0.0399. The molecule has 5 heteroatoms. The number of carbonyl (C=O) groups is 1. The van der Waals surface area contributed by atoms with Crippen LogP contribution < -0.4 is 10.7 Å². The van der Waals surface area contributed by atoms with Gasteiger partial charge in [-0.3, -0.25) is 14.5 Å². The zero-order chi connectivity index (χ0) is 17.3. The quantitative estimate of drug-likeness (QED) is 0.909. The van der Waals surface area contributed by atoms with E-state index in [4.69, 9.17) is 0 Å². The molecule has 1 aromatic heterocycles. The standard InChI is InChI=1S/C19H25N3O2/c1-12-8-13(2)19-17(9-12)18(24)10-16(21-19)11-22-6-4-15(5-7-22)20-14(3)23/h8-10,15H,4-7,11H2,1-3H3,(H,20,23)(H,21,24). The molecular formula is C19H25N3O2. The summed E-state index contributed by atoms with van der Waals surface area (Å²) in [6.07, 6.45) is 1.91. The number of pyridine rings is 1. The van der Waals surface area contributed by atoms with Gasteiger partial charge >= 0.3 is 0 Å². The highest BCUT2D eigenvalue weighted by Crippen LogP contribution is 2.18. The van der Waals surface area contributed by atoms with Crippen molar-refractivity contribution in [2.24, 2.45) is 0 Å². The highest BCUT2D eigenvalue weighted by Gasteiger charge is 2.20. The molecule has 0 atom stereocenters. The largest absolute Gasteiger partial charge is 0.357 e. The monoisotopic (exact) mass is 327 g/mol. The second-order valence-electron chi connectivity index (χ2n) is 6.91. The fourth-order valence-corrected chi connectivity index (χ4v) is 3.61. The molecule has 1 aliphatic heterocycles. The van der Waals surface area contributed by atoms with Crippen molar-refractivity contribution in [2.75, 3.05) is 13.1 Å². The van der Waals surface area contributed by atoms with Gasteiger partial charge in [0.15, 0.2) is 5.43 Å². The Bertz CT molecular complexity index is 817. The Kier molecular flexibility index (Phi) is 4.71. The van der Waals surface area contributed by atoms with Gasteiger partial charge in [0.05, 0.1) is 5.52 Å². The van der Waals surface area contributed by atoms with Gasteiger partial charge in [-0.05, 0) is 43.9 Å². The molecule has 0 aliphatic carbocycles. The summed E-state index contributed by atoms with van der Waals surface area (Å²) in [6, 6.07) is 6.05. The molecule has 0 unspecified atom stereocenters. The average molecular weight is 327 g/mol. The molecule has 0 radical (unpaired) electrons. The Labute approximate surface area is 142 Å². The minimum Gasteiger partial charge on any atom is -0.357 e. The first-order valence-electron chi connectivity index (χ1n) is 8.55. The Morgan fingerprint density at radius 2 is 1.96 bits per heavy atom. The number of benzene rings is 1. The maximum Gasteiger partial charge on any atom is 0.217 e. The summed E-state index contributed by atoms with van der Waals surface area (Å²) < 4.78 is 0. The van der Waals surface area contributed by atoms with Crippen molar-refractivity contribution in [2.45, 2.75) is 46.2 Å². The Morgan fingerprint density at radius 1 is 1.25 bits per heavy atom. The number of aromatic amines is 1. The number of likely N-dealkylation sites (tertiary alicyclic amines) is 1. The number of piperidine rings is 1. The maximum absolute atomic E-state index is 12.4. The van der Waals surface area contributed by atoms with E-state index in [0.717, 1.165) is 60.2 Å². The summed E-state index contributed by atoms with van der Waals surface area (Å²) in [4.78, 5) is 29.3. The van der Waals surface area contributed by atoms with Crippen LogP contribution in [0.4, 0.5) is 0 Å². The van der Waals surface area contributed by atoms with E-state index >= 15 is 0 Å². The molecular weight excluding hydrogens is 302 g/mol. The predicted molar refractivity (Wildman–Crippen MR) is 96.2 cm³/mol. The first-order valence-corrected chi connectivity index (χ1v) is 8.55. The van der Waals surface area contributed by atoms with E-state index in [0.29, 0.717) is 0 Å². The molecule has 2 N–H and O–H groups in total. The minimum atomic E-state index is 0.0399. The lowest BCUT2D eigenvalue weighted by atomic mass is 10.0. The topological polar surface area (TPSA) is 65.2 Å².